The van der Waals surface area contributed by atoms with Crippen LogP contribution in [0.2, 0.25) is 0 Å². The third kappa shape index (κ3) is 2.82. The Morgan fingerprint density at radius 2 is 2.10 bits per heavy atom. The van der Waals surface area contributed by atoms with Gasteiger partial charge in [0.25, 0.3) is 5.89 Å². The Morgan fingerprint density at radius 1 is 1.33 bits per heavy atom. The second kappa shape index (κ2) is 6.15. The van der Waals surface area contributed by atoms with Gasteiger partial charge in [0.05, 0.1) is 0 Å². The average molecular weight is 308 g/mol. The molecule has 1 aliphatic rings. The summed E-state index contributed by atoms with van der Waals surface area (Å²) in [5.41, 5.74) is -0.431. The van der Waals surface area contributed by atoms with Crippen molar-refractivity contribution in [1.82, 2.24) is 10.1 Å². The van der Waals surface area contributed by atoms with Crippen LogP contribution in [0.15, 0.2) is 16.0 Å². The molecule has 0 saturated heterocycles. The van der Waals surface area contributed by atoms with Crippen molar-refractivity contribution in [3.8, 4) is 16.5 Å². The van der Waals surface area contributed by atoms with E-state index in [1.54, 1.807) is 11.4 Å². The van der Waals surface area contributed by atoms with E-state index in [2.05, 4.69) is 10.1 Å². The number of hydrogen-bond acceptors (Lipinski definition) is 6. The first-order valence-electron chi connectivity index (χ1n) is 7.50. The Labute approximate surface area is 128 Å². The fourth-order valence-electron chi connectivity index (χ4n) is 2.97. The van der Waals surface area contributed by atoms with Crippen LogP contribution < -0.4 is 0 Å². The lowest BCUT2D eigenvalue weighted by molar-refractivity contribution is -0.0636. The molecule has 0 unspecified atom stereocenters. The monoisotopic (exact) mass is 308 g/mol. The lowest BCUT2D eigenvalue weighted by atomic mass is 9.93. The van der Waals surface area contributed by atoms with Gasteiger partial charge < -0.3 is 14.4 Å². The van der Waals surface area contributed by atoms with Gasteiger partial charge in [0, 0.05) is 6.61 Å². The first-order chi connectivity index (χ1) is 10.2. The van der Waals surface area contributed by atoms with E-state index in [1.165, 1.54) is 24.2 Å². The maximum Gasteiger partial charge on any atom is 0.271 e. The van der Waals surface area contributed by atoms with Gasteiger partial charge in [-0.25, -0.2) is 0 Å². The van der Waals surface area contributed by atoms with E-state index in [0.29, 0.717) is 23.2 Å². The van der Waals surface area contributed by atoms with E-state index >= 15 is 0 Å². The minimum Gasteiger partial charge on any atom is -0.506 e. The summed E-state index contributed by atoms with van der Waals surface area (Å²) in [5, 5.41) is 15.7. The van der Waals surface area contributed by atoms with Crippen LogP contribution in [0.1, 0.15) is 51.3 Å². The van der Waals surface area contributed by atoms with Crippen LogP contribution >= 0.6 is 11.3 Å². The van der Waals surface area contributed by atoms with Gasteiger partial charge in [0.1, 0.15) is 16.2 Å². The summed E-state index contributed by atoms with van der Waals surface area (Å²) in [4.78, 5) is 5.14. The van der Waals surface area contributed by atoms with Crippen molar-refractivity contribution in [2.45, 2.75) is 51.0 Å². The molecule has 2 heterocycles. The highest BCUT2D eigenvalue weighted by Gasteiger charge is 2.38. The Morgan fingerprint density at radius 3 is 2.71 bits per heavy atom. The normalized spacial score (nSPS) is 18.5. The zero-order chi connectivity index (χ0) is 14.7. The molecule has 114 valence electrons. The summed E-state index contributed by atoms with van der Waals surface area (Å²) < 4.78 is 11.4. The van der Waals surface area contributed by atoms with E-state index in [-0.39, 0.29) is 5.75 Å². The van der Waals surface area contributed by atoms with Gasteiger partial charge in [0.2, 0.25) is 5.82 Å². The van der Waals surface area contributed by atoms with Crippen molar-refractivity contribution in [1.29, 1.82) is 0 Å². The molecule has 0 atom stereocenters. The van der Waals surface area contributed by atoms with Crippen molar-refractivity contribution in [3.05, 3.63) is 17.3 Å². The van der Waals surface area contributed by atoms with E-state index in [0.717, 1.165) is 25.7 Å². The molecule has 1 fully saturated rings. The van der Waals surface area contributed by atoms with E-state index < -0.39 is 5.60 Å². The Bertz CT molecular complexity index is 585. The molecular formula is C15H20N2O3S. The fourth-order valence-corrected chi connectivity index (χ4v) is 3.68. The highest BCUT2D eigenvalue weighted by molar-refractivity contribution is 7.13. The molecule has 6 heteroatoms. The smallest absolute Gasteiger partial charge is 0.271 e. The van der Waals surface area contributed by atoms with E-state index in [1.807, 2.05) is 6.92 Å². The number of aromatic nitrogens is 2. The molecule has 21 heavy (non-hydrogen) atoms. The number of aromatic hydroxyl groups is 1. The van der Waals surface area contributed by atoms with Crippen molar-refractivity contribution >= 4 is 11.3 Å². The summed E-state index contributed by atoms with van der Waals surface area (Å²) in [6.45, 7) is 2.63. The minimum absolute atomic E-state index is 0.182. The average Bonchev–Trinajstić information content (AvgIpc) is 3.05. The third-order valence-electron chi connectivity index (χ3n) is 4.00. The zero-order valence-electron chi connectivity index (χ0n) is 12.2. The molecule has 5 nitrogen and oxygen atoms in total. The van der Waals surface area contributed by atoms with E-state index in [9.17, 15) is 5.11 Å². The van der Waals surface area contributed by atoms with Crippen LogP contribution in [0.3, 0.4) is 0 Å². The molecule has 0 aromatic carbocycles. The van der Waals surface area contributed by atoms with Crippen LogP contribution in [-0.2, 0) is 10.3 Å². The molecule has 0 bridgehead atoms. The molecule has 1 aliphatic carbocycles. The summed E-state index contributed by atoms with van der Waals surface area (Å²) in [5.74, 6) is 1.18. The number of ether oxygens (including phenoxy) is 1. The Balaban J connectivity index is 1.93. The second-order valence-electron chi connectivity index (χ2n) is 5.40. The predicted octanol–water partition coefficient (Wildman–Crippen LogP) is 4.09. The standard InChI is InChI=1S/C15H20N2O3S/c1-2-19-15(8-5-3-4-6-9-15)14-16-13(20-17-14)12-11(18)7-10-21-12/h7,10,18H,2-6,8-9H2,1H3. The molecule has 0 spiro atoms. The molecule has 3 rings (SSSR count). The molecule has 1 saturated carbocycles. The van der Waals surface area contributed by atoms with Gasteiger partial charge in [0.15, 0.2) is 0 Å². The molecule has 1 N–H and O–H groups in total. The molecule has 0 radical (unpaired) electrons. The van der Waals surface area contributed by atoms with Gasteiger partial charge in [-0.1, -0.05) is 30.8 Å². The van der Waals surface area contributed by atoms with Crippen molar-refractivity contribution < 1.29 is 14.4 Å². The lowest BCUT2D eigenvalue weighted by Crippen LogP contribution is -2.30. The first-order valence-corrected chi connectivity index (χ1v) is 8.38. The van der Waals surface area contributed by atoms with Crippen LogP contribution in [0.5, 0.6) is 5.75 Å². The zero-order valence-corrected chi connectivity index (χ0v) is 13.0. The second-order valence-corrected chi connectivity index (χ2v) is 6.32. The molecular weight excluding hydrogens is 288 g/mol. The van der Waals surface area contributed by atoms with Crippen molar-refractivity contribution in [2.75, 3.05) is 6.61 Å². The fraction of sp³-hybridized carbons (Fsp3) is 0.600. The number of hydrogen-bond donors (Lipinski definition) is 1. The molecule has 2 aromatic heterocycles. The largest absolute Gasteiger partial charge is 0.506 e. The highest BCUT2D eigenvalue weighted by Crippen LogP contribution is 2.40. The van der Waals surface area contributed by atoms with Crippen molar-refractivity contribution in [3.63, 3.8) is 0 Å². The van der Waals surface area contributed by atoms with Gasteiger partial charge in [-0.05, 0) is 31.2 Å². The first kappa shape index (κ1) is 14.5. The quantitative estimate of drug-likeness (QED) is 0.862. The maximum absolute atomic E-state index is 9.79. The maximum atomic E-state index is 9.79. The minimum atomic E-state index is -0.431. The summed E-state index contributed by atoms with van der Waals surface area (Å²) >= 11 is 1.39. The van der Waals surface area contributed by atoms with Gasteiger partial charge >= 0.3 is 0 Å². The summed E-state index contributed by atoms with van der Waals surface area (Å²) in [6.07, 6.45) is 6.55. The number of nitrogens with zero attached hydrogens (tertiary/aromatic N) is 2. The molecule has 2 aromatic rings. The Hall–Kier alpha value is -1.40. The summed E-state index contributed by atoms with van der Waals surface area (Å²) in [6, 6.07) is 1.63. The van der Waals surface area contributed by atoms with Gasteiger partial charge in [-0.15, -0.1) is 11.3 Å². The van der Waals surface area contributed by atoms with Crippen LogP contribution in [0.25, 0.3) is 10.8 Å². The van der Waals surface area contributed by atoms with Gasteiger partial charge in [-0.2, -0.15) is 4.98 Å². The van der Waals surface area contributed by atoms with Crippen LogP contribution in [-0.4, -0.2) is 21.9 Å². The van der Waals surface area contributed by atoms with Crippen LogP contribution in [0, 0.1) is 0 Å². The number of rotatable bonds is 4. The number of thiophene rings is 1. The summed E-state index contributed by atoms with van der Waals surface area (Å²) in [7, 11) is 0. The van der Waals surface area contributed by atoms with Crippen molar-refractivity contribution in [2.24, 2.45) is 0 Å². The van der Waals surface area contributed by atoms with Crippen LogP contribution in [0.4, 0.5) is 0 Å². The SMILES string of the molecule is CCOC1(c2noc(-c3sccc3O)n2)CCCCCC1. The third-order valence-corrected chi connectivity index (χ3v) is 4.90. The predicted molar refractivity (Wildman–Crippen MR) is 80.3 cm³/mol. The Kier molecular flexibility index (Phi) is 4.26. The topological polar surface area (TPSA) is 68.4 Å². The molecule has 0 amide bonds. The van der Waals surface area contributed by atoms with Gasteiger partial charge in [-0.3, -0.25) is 0 Å². The van der Waals surface area contributed by atoms with E-state index in [4.69, 9.17) is 9.26 Å². The molecule has 0 aliphatic heterocycles. The lowest BCUT2D eigenvalue weighted by Gasteiger charge is -2.29. The highest BCUT2D eigenvalue weighted by atomic mass is 32.1.